The number of aromatic nitrogens is 2. The van der Waals surface area contributed by atoms with Crippen molar-refractivity contribution in [2.24, 2.45) is 0 Å². The fourth-order valence-corrected chi connectivity index (χ4v) is 4.00. The molecular formula is C16H16N2O2S2. The third-order valence-electron chi connectivity index (χ3n) is 3.34. The van der Waals surface area contributed by atoms with Gasteiger partial charge in [0.1, 0.15) is 0 Å². The van der Waals surface area contributed by atoms with Gasteiger partial charge >= 0.3 is 0 Å². The van der Waals surface area contributed by atoms with Crippen LogP contribution in [-0.2, 0) is 5.75 Å². The summed E-state index contributed by atoms with van der Waals surface area (Å²) in [6.07, 6.45) is -0.500. The number of aliphatic hydroxyl groups is 1. The van der Waals surface area contributed by atoms with E-state index in [2.05, 4.69) is 4.98 Å². The Balaban J connectivity index is 1.66. The van der Waals surface area contributed by atoms with E-state index in [1.165, 1.54) is 11.3 Å². The molecule has 6 heteroatoms. The first-order valence-corrected chi connectivity index (χ1v) is 8.96. The molecule has 0 radical (unpaired) electrons. The van der Waals surface area contributed by atoms with Gasteiger partial charge in [0.25, 0.3) is 5.56 Å². The summed E-state index contributed by atoms with van der Waals surface area (Å²) in [6.45, 7) is 1.90. The predicted octanol–water partition coefficient (Wildman–Crippen LogP) is 3.03. The maximum Gasteiger partial charge on any atom is 0.258 e. The van der Waals surface area contributed by atoms with Crippen molar-refractivity contribution in [1.29, 1.82) is 0 Å². The molecule has 0 bridgehead atoms. The number of benzene rings is 1. The van der Waals surface area contributed by atoms with Crippen molar-refractivity contribution in [1.82, 2.24) is 9.38 Å². The molecule has 2 heterocycles. The van der Waals surface area contributed by atoms with Crippen LogP contribution in [0.3, 0.4) is 0 Å². The van der Waals surface area contributed by atoms with Crippen molar-refractivity contribution in [2.45, 2.75) is 18.8 Å². The van der Waals surface area contributed by atoms with Crippen molar-refractivity contribution in [3.63, 3.8) is 0 Å². The van der Waals surface area contributed by atoms with Crippen LogP contribution in [0.2, 0.25) is 0 Å². The quantitative estimate of drug-likeness (QED) is 0.780. The molecular weight excluding hydrogens is 316 g/mol. The molecule has 4 nitrogen and oxygen atoms in total. The first-order chi connectivity index (χ1) is 10.6. The summed E-state index contributed by atoms with van der Waals surface area (Å²) in [5.41, 5.74) is 2.55. The number of thiazole rings is 1. The van der Waals surface area contributed by atoms with Crippen LogP contribution in [0.5, 0.6) is 0 Å². The van der Waals surface area contributed by atoms with Crippen LogP contribution in [-0.4, -0.2) is 20.2 Å². The molecule has 3 rings (SSSR count). The molecule has 0 unspecified atom stereocenters. The second-order valence-corrected chi connectivity index (χ2v) is 6.89. The molecule has 0 saturated carbocycles. The Morgan fingerprint density at radius 3 is 2.91 bits per heavy atom. The number of fused-ring (bicyclic) bond motifs is 1. The first kappa shape index (κ1) is 15.3. The van der Waals surface area contributed by atoms with Crippen LogP contribution in [0.4, 0.5) is 0 Å². The number of thioether (sulfide) groups is 1. The Morgan fingerprint density at radius 1 is 1.36 bits per heavy atom. The topological polar surface area (TPSA) is 54.6 Å². The third-order valence-corrected chi connectivity index (χ3v) is 5.33. The Labute approximate surface area is 136 Å². The van der Waals surface area contributed by atoms with E-state index >= 15 is 0 Å². The SMILES string of the molecule is Cc1csc2nc(CSC[C@@H](O)c3ccccc3)cc(=O)n12. The van der Waals surface area contributed by atoms with Gasteiger partial charge in [-0.15, -0.1) is 11.3 Å². The average molecular weight is 332 g/mol. The standard InChI is InChI=1S/C16H16N2O2S2/c1-11-8-22-16-17-13(7-15(20)18(11)16)9-21-10-14(19)12-5-3-2-4-6-12/h2-8,14,19H,9-10H2,1H3/t14-/m1/s1. The highest BCUT2D eigenvalue weighted by atomic mass is 32.2. The smallest absolute Gasteiger partial charge is 0.258 e. The second-order valence-electron chi connectivity index (χ2n) is 5.02. The lowest BCUT2D eigenvalue weighted by molar-refractivity contribution is 0.204. The molecule has 0 aliphatic heterocycles. The summed E-state index contributed by atoms with van der Waals surface area (Å²) in [6, 6.07) is 11.2. The van der Waals surface area contributed by atoms with Crippen LogP contribution in [0, 0.1) is 6.92 Å². The number of hydrogen-bond acceptors (Lipinski definition) is 5. The lowest BCUT2D eigenvalue weighted by Gasteiger charge is -2.10. The molecule has 1 aromatic carbocycles. The van der Waals surface area contributed by atoms with E-state index in [1.54, 1.807) is 22.2 Å². The molecule has 0 aliphatic carbocycles. The minimum Gasteiger partial charge on any atom is -0.388 e. The molecule has 0 aliphatic rings. The van der Waals surface area contributed by atoms with E-state index in [9.17, 15) is 9.90 Å². The summed E-state index contributed by atoms with van der Waals surface area (Å²) in [5, 5.41) is 12.1. The summed E-state index contributed by atoms with van der Waals surface area (Å²) in [4.78, 5) is 17.3. The Bertz CT molecular complexity index is 827. The van der Waals surface area contributed by atoms with Gasteiger partial charge in [-0.25, -0.2) is 4.98 Å². The van der Waals surface area contributed by atoms with E-state index in [-0.39, 0.29) is 5.56 Å². The molecule has 3 aromatic rings. The molecule has 0 fully saturated rings. The van der Waals surface area contributed by atoms with Crippen molar-refractivity contribution in [3.8, 4) is 0 Å². The molecule has 0 spiro atoms. The van der Waals surface area contributed by atoms with Gasteiger partial charge in [-0.05, 0) is 12.5 Å². The van der Waals surface area contributed by atoms with Crippen LogP contribution in [0.15, 0.2) is 46.6 Å². The van der Waals surface area contributed by atoms with Gasteiger partial charge in [-0.1, -0.05) is 30.3 Å². The number of aryl methyl sites for hydroxylation is 1. The highest BCUT2D eigenvalue weighted by Crippen LogP contribution is 2.21. The Hall–Kier alpha value is -1.63. The zero-order chi connectivity index (χ0) is 15.5. The predicted molar refractivity (Wildman–Crippen MR) is 91.6 cm³/mol. The average Bonchev–Trinajstić information content (AvgIpc) is 2.90. The summed E-state index contributed by atoms with van der Waals surface area (Å²) < 4.78 is 1.62. The second kappa shape index (κ2) is 6.64. The lowest BCUT2D eigenvalue weighted by atomic mass is 10.1. The van der Waals surface area contributed by atoms with Gasteiger partial charge in [0, 0.05) is 28.6 Å². The van der Waals surface area contributed by atoms with E-state index < -0.39 is 6.10 Å². The Kier molecular flexibility index (Phi) is 4.61. The molecule has 2 aromatic heterocycles. The van der Waals surface area contributed by atoms with Gasteiger partial charge < -0.3 is 5.11 Å². The number of aliphatic hydroxyl groups excluding tert-OH is 1. The van der Waals surface area contributed by atoms with Crippen LogP contribution >= 0.6 is 23.1 Å². The van der Waals surface area contributed by atoms with Crippen LogP contribution < -0.4 is 5.56 Å². The summed E-state index contributed by atoms with van der Waals surface area (Å²) in [5.74, 6) is 1.20. The van der Waals surface area contributed by atoms with Crippen LogP contribution in [0.25, 0.3) is 4.96 Å². The molecule has 22 heavy (non-hydrogen) atoms. The molecule has 0 amide bonds. The lowest BCUT2D eigenvalue weighted by Crippen LogP contribution is -2.14. The van der Waals surface area contributed by atoms with Gasteiger partial charge in [-0.3, -0.25) is 9.20 Å². The minimum atomic E-state index is -0.500. The minimum absolute atomic E-state index is 0.0389. The number of nitrogens with zero attached hydrogens (tertiary/aromatic N) is 2. The molecule has 114 valence electrons. The molecule has 1 N–H and O–H groups in total. The summed E-state index contributed by atoms with van der Waals surface area (Å²) >= 11 is 3.05. The Morgan fingerprint density at radius 2 is 2.14 bits per heavy atom. The number of rotatable bonds is 5. The number of hydrogen-bond donors (Lipinski definition) is 1. The van der Waals surface area contributed by atoms with Crippen molar-refractivity contribution < 1.29 is 5.11 Å². The van der Waals surface area contributed by atoms with Crippen molar-refractivity contribution in [2.75, 3.05) is 5.75 Å². The fraction of sp³-hybridized carbons (Fsp3) is 0.250. The van der Waals surface area contributed by atoms with Crippen molar-refractivity contribution in [3.05, 3.63) is 69.1 Å². The van der Waals surface area contributed by atoms with E-state index in [1.807, 2.05) is 42.6 Å². The largest absolute Gasteiger partial charge is 0.388 e. The van der Waals surface area contributed by atoms with Crippen molar-refractivity contribution >= 4 is 28.1 Å². The zero-order valence-corrected chi connectivity index (χ0v) is 13.7. The zero-order valence-electron chi connectivity index (χ0n) is 12.1. The highest BCUT2D eigenvalue weighted by Gasteiger charge is 2.09. The molecule has 0 saturated heterocycles. The van der Waals surface area contributed by atoms with E-state index in [0.717, 1.165) is 21.9 Å². The monoisotopic (exact) mass is 332 g/mol. The maximum absolute atomic E-state index is 12.1. The van der Waals surface area contributed by atoms with E-state index in [0.29, 0.717) is 11.5 Å². The van der Waals surface area contributed by atoms with Gasteiger partial charge in [0.05, 0.1) is 11.8 Å². The van der Waals surface area contributed by atoms with Crippen LogP contribution in [0.1, 0.15) is 23.1 Å². The fourth-order valence-electron chi connectivity index (χ4n) is 2.22. The summed E-state index contributed by atoms with van der Waals surface area (Å²) in [7, 11) is 0. The van der Waals surface area contributed by atoms with E-state index in [4.69, 9.17) is 0 Å². The maximum atomic E-state index is 12.1. The normalized spacial score (nSPS) is 12.6. The highest BCUT2D eigenvalue weighted by molar-refractivity contribution is 7.98. The van der Waals surface area contributed by atoms with Gasteiger partial charge in [0.2, 0.25) is 0 Å². The van der Waals surface area contributed by atoms with Gasteiger partial charge in [0.15, 0.2) is 4.96 Å². The first-order valence-electron chi connectivity index (χ1n) is 6.92. The van der Waals surface area contributed by atoms with Gasteiger partial charge in [-0.2, -0.15) is 11.8 Å². The third kappa shape index (κ3) is 3.24. The molecule has 1 atom stereocenters.